The third kappa shape index (κ3) is 4.57. The molecule has 8 heteroatoms. The summed E-state index contributed by atoms with van der Waals surface area (Å²) in [7, 11) is 0. The number of hydrogen-bond acceptors (Lipinski definition) is 6. The van der Waals surface area contributed by atoms with Gasteiger partial charge in [0.1, 0.15) is 5.01 Å². The minimum atomic E-state index is -0.897. The molecule has 0 fully saturated rings. The lowest BCUT2D eigenvalue weighted by Crippen LogP contribution is -2.13. The number of rotatable bonds is 7. The maximum absolute atomic E-state index is 12.8. The number of benzene rings is 2. The van der Waals surface area contributed by atoms with Crippen LogP contribution in [0.25, 0.3) is 16.9 Å². The van der Waals surface area contributed by atoms with E-state index in [-0.39, 0.29) is 11.5 Å². The number of imidazole rings is 1. The fraction of sp³-hybridized carbons (Fsp3) is 0.130. The Balaban J connectivity index is 1.49. The number of thioether (sulfide) groups is 1. The molecule has 1 atom stereocenters. The zero-order valence-electron chi connectivity index (χ0n) is 16.5. The Morgan fingerprint density at radius 3 is 2.84 bits per heavy atom. The van der Waals surface area contributed by atoms with Crippen molar-refractivity contribution in [1.82, 2.24) is 14.5 Å². The molecule has 0 spiro atoms. The zero-order chi connectivity index (χ0) is 21.8. The van der Waals surface area contributed by atoms with Crippen molar-refractivity contribution in [1.29, 1.82) is 5.26 Å². The highest BCUT2D eigenvalue weighted by Crippen LogP contribution is 2.30. The van der Waals surface area contributed by atoms with Crippen molar-refractivity contribution in [3.63, 3.8) is 0 Å². The number of nitrogens with zero attached hydrogens (tertiary/aromatic N) is 4. The van der Waals surface area contributed by atoms with Crippen LogP contribution in [0.1, 0.15) is 16.5 Å². The largest absolute Gasteiger partial charge is 0.297 e. The minimum Gasteiger partial charge on any atom is -0.297 e. The summed E-state index contributed by atoms with van der Waals surface area (Å²) < 4.78 is 1.90. The van der Waals surface area contributed by atoms with Crippen molar-refractivity contribution in [2.75, 3.05) is 5.75 Å². The van der Waals surface area contributed by atoms with E-state index in [9.17, 15) is 10.1 Å². The normalized spacial score (nSPS) is 11.8. The lowest BCUT2D eigenvalue weighted by atomic mass is 10.1. The van der Waals surface area contributed by atoms with Crippen LogP contribution < -0.4 is 0 Å². The van der Waals surface area contributed by atoms with Gasteiger partial charge in [-0.25, -0.2) is 9.97 Å². The highest BCUT2D eigenvalue weighted by molar-refractivity contribution is 7.99. The van der Waals surface area contributed by atoms with Gasteiger partial charge in [-0.05, 0) is 24.6 Å². The minimum absolute atomic E-state index is 0.120. The summed E-state index contributed by atoms with van der Waals surface area (Å²) in [5.74, 6) is -0.972. The quantitative estimate of drug-likeness (QED) is 0.317. The van der Waals surface area contributed by atoms with Gasteiger partial charge in [0.2, 0.25) is 0 Å². The molecule has 0 saturated carbocycles. The maximum atomic E-state index is 12.8. The second-order valence-electron chi connectivity index (χ2n) is 6.72. The van der Waals surface area contributed by atoms with Crippen LogP contribution in [0.4, 0.5) is 0 Å². The molecule has 31 heavy (non-hydrogen) atoms. The second-order valence-corrected chi connectivity index (χ2v) is 8.96. The Bertz CT molecular complexity index is 1260. The molecule has 2 heterocycles. The first-order valence-electron chi connectivity index (χ1n) is 9.43. The van der Waals surface area contributed by atoms with Crippen molar-refractivity contribution in [2.45, 2.75) is 18.0 Å². The summed E-state index contributed by atoms with van der Waals surface area (Å²) in [5, 5.41) is 13.4. The van der Waals surface area contributed by atoms with E-state index in [2.05, 4.69) is 16.0 Å². The van der Waals surface area contributed by atoms with Crippen LogP contribution in [0.3, 0.4) is 0 Å². The molecule has 2 aromatic carbocycles. The summed E-state index contributed by atoms with van der Waals surface area (Å²) >= 11 is 8.88. The van der Waals surface area contributed by atoms with Crippen molar-refractivity contribution in [3.05, 3.63) is 81.9 Å². The Morgan fingerprint density at radius 1 is 1.26 bits per heavy atom. The van der Waals surface area contributed by atoms with Gasteiger partial charge in [-0.1, -0.05) is 59.8 Å². The van der Waals surface area contributed by atoms with Crippen molar-refractivity contribution < 1.29 is 4.79 Å². The fourth-order valence-electron chi connectivity index (χ4n) is 3.08. The van der Waals surface area contributed by atoms with Crippen molar-refractivity contribution in [3.8, 4) is 23.0 Å². The van der Waals surface area contributed by atoms with Gasteiger partial charge in [-0.2, -0.15) is 5.26 Å². The molecular weight excluding hydrogens is 448 g/mol. The van der Waals surface area contributed by atoms with Crippen LogP contribution in [-0.4, -0.2) is 26.1 Å². The maximum Gasteiger partial charge on any atom is 0.173 e. The molecule has 0 amide bonds. The van der Waals surface area contributed by atoms with Gasteiger partial charge in [0.25, 0.3) is 0 Å². The van der Waals surface area contributed by atoms with E-state index in [1.54, 1.807) is 6.20 Å². The lowest BCUT2D eigenvalue weighted by molar-refractivity contribution is -0.116. The van der Waals surface area contributed by atoms with Gasteiger partial charge < -0.3 is 0 Å². The van der Waals surface area contributed by atoms with Crippen LogP contribution in [0.15, 0.2) is 71.5 Å². The summed E-state index contributed by atoms with van der Waals surface area (Å²) in [6, 6.07) is 17.5. The number of nitriles is 1. The Labute approximate surface area is 193 Å². The average molecular weight is 465 g/mol. The van der Waals surface area contributed by atoms with Gasteiger partial charge in [0, 0.05) is 28.4 Å². The van der Waals surface area contributed by atoms with Crippen LogP contribution in [0.5, 0.6) is 0 Å². The van der Waals surface area contributed by atoms with Gasteiger partial charge >= 0.3 is 0 Å². The van der Waals surface area contributed by atoms with Gasteiger partial charge in [-0.3, -0.25) is 9.36 Å². The third-order valence-electron chi connectivity index (χ3n) is 4.74. The standard InChI is InChI=1S/C23H17ClN4OS2/c1-15-18(24)8-5-9-20(15)28-11-10-26-23(28)31-14-21(29)17(12-25)22-27-19(13-30-22)16-6-3-2-4-7-16/h2-11,13,17H,14H2,1H3. The number of aromatic nitrogens is 3. The molecule has 0 bridgehead atoms. The zero-order valence-corrected chi connectivity index (χ0v) is 18.9. The van der Waals surface area contributed by atoms with E-state index in [1.807, 2.05) is 71.6 Å². The summed E-state index contributed by atoms with van der Waals surface area (Å²) in [5.41, 5.74) is 3.57. The summed E-state index contributed by atoms with van der Waals surface area (Å²) in [4.78, 5) is 21.8. The molecule has 2 aromatic heterocycles. The molecule has 5 nitrogen and oxygen atoms in total. The highest BCUT2D eigenvalue weighted by atomic mass is 35.5. The number of thiazole rings is 1. The van der Waals surface area contributed by atoms with E-state index in [4.69, 9.17) is 11.6 Å². The van der Waals surface area contributed by atoms with E-state index < -0.39 is 5.92 Å². The van der Waals surface area contributed by atoms with E-state index in [1.165, 1.54) is 23.1 Å². The lowest BCUT2D eigenvalue weighted by Gasteiger charge is -2.11. The smallest absolute Gasteiger partial charge is 0.173 e. The Hall–Kier alpha value is -2.92. The predicted molar refractivity (Wildman–Crippen MR) is 125 cm³/mol. The number of Topliss-reactive ketones (excluding diaryl/α,β-unsaturated/α-hetero) is 1. The molecule has 154 valence electrons. The van der Waals surface area contributed by atoms with Gasteiger partial charge in [0.05, 0.1) is 23.2 Å². The molecule has 0 radical (unpaired) electrons. The molecule has 0 aliphatic rings. The number of ketones is 1. The molecule has 4 aromatic rings. The SMILES string of the molecule is Cc1c(Cl)cccc1-n1ccnc1SCC(=O)C(C#N)c1nc(-c2ccccc2)cs1. The first-order chi connectivity index (χ1) is 15.1. The number of carbonyl (C=O) groups is 1. The first kappa shape index (κ1) is 21.3. The first-order valence-corrected chi connectivity index (χ1v) is 11.7. The Morgan fingerprint density at radius 2 is 2.06 bits per heavy atom. The third-order valence-corrected chi connectivity index (χ3v) is 7.05. The molecule has 0 aliphatic heterocycles. The van der Waals surface area contributed by atoms with E-state index in [0.717, 1.165) is 22.5 Å². The van der Waals surface area contributed by atoms with Gasteiger partial charge in [-0.15, -0.1) is 11.3 Å². The molecule has 0 aliphatic carbocycles. The second kappa shape index (κ2) is 9.48. The van der Waals surface area contributed by atoms with Crippen molar-refractivity contribution in [2.24, 2.45) is 0 Å². The highest BCUT2D eigenvalue weighted by Gasteiger charge is 2.24. The predicted octanol–water partition coefficient (Wildman–Crippen LogP) is 5.93. The average Bonchev–Trinajstić information content (AvgIpc) is 3.45. The number of hydrogen-bond donors (Lipinski definition) is 0. The summed E-state index contributed by atoms with van der Waals surface area (Å²) in [6.07, 6.45) is 3.52. The molecule has 0 N–H and O–H groups in total. The summed E-state index contributed by atoms with van der Waals surface area (Å²) in [6.45, 7) is 1.94. The fourth-order valence-corrected chi connectivity index (χ4v) is 5.02. The monoisotopic (exact) mass is 464 g/mol. The molecule has 4 rings (SSSR count). The van der Waals surface area contributed by atoms with E-state index in [0.29, 0.717) is 15.2 Å². The van der Waals surface area contributed by atoms with Crippen molar-refractivity contribution >= 4 is 40.5 Å². The molecule has 1 unspecified atom stereocenters. The van der Waals surface area contributed by atoms with Gasteiger partial charge in [0.15, 0.2) is 16.9 Å². The van der Waals surface area contributed by atoms with Crippen LogP contribution in [-0.2, 0) is 4.79 Å². The molecular formula is C23H17ClN4OS2. The van der Waals surface area contributed by atoms with E-state index >= 15 is 0 Å². The number of halogens is 1. The van der Waals surface area contributed by atoms with Crippen LogP contribution in [0.2, 0.25) is 5.02 Å². The van der Waals surface area contributed by atoms with Crippen LogP contribution in [0, 0.1) is 18.3 Å². The number of carbonyl (C=O) groups excluding carboxylic acids is 1. The Kier molecular flexibility index (Phi) is 6.52. The molecule has 0 saturated heterocycles. The topological polar surface area (TPSA) is 71.6 Å². The van der Waals surface area contributed by atoms with Crippen LogP contribution >= 0.6 is 34.7 Å².